The normalized spacial score (nSPS) is 13.8. The highest BCUT2D eigenvalue weighted by Gasteiger charge is 2.49. The molecule has 0 saturated carbocycles. The minimum atomic E-state index is -0.162. The summed E-state index contributed by atoms with van der Waals surface area (Å²) in [4.78, 5) is 5.05. The molecule has 9 aromatic carbocycles. The summed E-state index contributed by atoms with van der Waals surface area (Å²) < 4.78 is 11.7. The van der Waals surface area contributed by atoms with Crippen LogP contribution in [0, 0.1) is 11.3 Å². The van der Waals surface area contributed by atoms with Crippen LogP contribution in [0.25, 0.3) is 81.8 Å². The summed E-state index contributed by atoms with van der Waals surface area (Å²) in [6.07, 6.45) is 0. The number of hydrogen-bond donors (Lipinski definition) is 0. The number of rotatable bonds is 3. The third kappa shape index (κ3) is 6.31. The molecule has 366 valence electrons. The van der Waals surface area contributed by atoms with Crippen molar-refractivity contribution in [2.45, 2.75) is 78.6 Å². The fourth-order valence-corrected chi connectivity index (χ4v) is 14.1. The molecule has 7 heteroatoms. The number of nitrogens with zero attached hydrogens (tertiary/aromatic N) is 4. The molecule has 76 heavy (non-hydrogen) atoms. The largest absolute Gasteiger partial charge is 0.455 e. The molecule has 0 atom stereocenters. The summed E-state index contributed by atoms with van der Waals surface area (Å²) in [5.41, 5.74) is 23.2. The van der Waals surface area contributed by atoms with E-state index in [0.29, 0.717) is 5.56 Å². The van der Waals surface area contributed by atoms with Gasteiger partial charge in [0, 0.05) is 59.0 Å². The Labute approximate surface area is 447 Å². The van der Waals surface area contributed by atoms with Crippen molar-refractivity contribution in [2.75, 3.05) is 9.80 Å². The number of anilines is 6. The second kappa shape index (κ2) is 15.4. The predicted octanol–water partition coefficient (Wildman–Crippen LogP) is 17.4. The highest BCUT2D eigenvalue weighted by Crippen LogP contribution is 2.56. The molecule has 0 fully saturated rings. The summed E-state index contributed by atoms with van der Waals surface area (Å²) in [6, 6.07) is 65.7. The van der Waals surface area contributed by atoms with Crippen LogP contribution in [0.3, 0.4) is 0 Å². The zero-order valence-electron chi connectivity index (χ0n) is 44.3. The van der Waals surface area contributed by atoms with E-state index in [1.807, 2.05) is 23.5 Å². The molecule has 6 heterocycles. The molecule has 0 N–H and O–H groups in total. The van der Waals surface area contributed by atoms with Crippen molar-refractivity contribution >= 4 is 122 Å². The maximum Gasteiger partial charge on any atom is 0.264 e. The van der Waals surface area contributed by atoms with E-state index in [1.165, 1.54) is 92.5 Å². The van der Waals surface area contributed by atoms with Gasteiger partial charge in [0.05, 0.1) is 45.4 Å². The Morgan fingerprint density at radius 1 is 0.500 bits per heavy atom. The molecule has 5 nitrogen and oxygen atoms in total. The topological polar surface area (TPSA) is 48.3 Å². The Morgan fingerprint density at radius 3 is 1.92 bits per heavy atom. The summed E-state index contributed by atoms with van der Waals surface area (Å²) in [6.45, 7) is 20.8. The lowest BCUT2D eigenvalue weighted by molar-refractivity contribution is 0.590. The second-order valence-corrected chi connectivity index (χ2v) is 25.6. The molecular weight excluding hydrogens is 944 g/mol. The lowest BCUT2D eigenvalue weighted by Gasteiger charge is -2.46. The molecule has 0 unspecified atom stereocenters. The Bertz CT molecular complexity index is 4550. The van der Waals surface area contributed by atoms with Crippen LogP contribution in [0.2, 0.25) is 0 Å². The third-order valence-electron chi connectivity index (χ3n) is 16.7. The number of nitriles is 1. The fourth-order valence-electron chi connectivity index (χ4n) is 12.8. The highest BCUT2D eigenvalue weighted by atomic mass is 32.1. The van der Waals surface area contributed by atoms with Gasteiger partial charge in [-0.25, -0.2) is 0 Å². The summed E-state index contributed by atoms with van der Waals surface area (Å²) in [7, 11) is 0. The average molecular weight is 999 g/mol. The number of aromatic nitrogens is 1. The zero-order valence-corrected chi connectivity index (χ0v) is 45.2. The van der Waals surface area contributed by atoms with E-state index in [2.05, 4.69) is 240 Å². The van der Waals surface area contributed by atoms with Crippen LogP contribution in [-0.2, 0) is 16.2 Å². The van der Waals surface area contributed by atoms with E-state index >= 15 is 0 Å². The van der Waals surface area contributed by atoms with Gasteiger partial charge in [-0.15, -0.1) is 11.3 Å². The molecular formula is C69H55BN4OS. The van der Waals surface area contributed by atoms with Gasteiger partial charge in [-0.05, 0) is 133 Å². The first-order chi connectivity index (χ1) is 36.5. The zero-order chi connectivity index (χ0) is 51.9. The molecule has 0 bridgehead atoms. The van der Waals surface area contributed by atoms with Crippen LogP contribution in [0.15, 0.2) is 174 Å². The van der Waals surface area contributed by atoms with Gasteiger partial charge in [-0.2, -0.15) is 5.26 Å². The van der Waals surface area contributed by atoms with Crippen LogP contribution < -0.4 is 25.5 Å². The van der Waals surface area contributed by atoms with Gasteiger partial charge < -0.3 is 18.8 Å². The van der Waals surface area contributed by atoms with E-state index in [1.54, 1.807) is 0 Å². The van der Waals surface area contributed by atoms with E-state index in [0.717, 1.165) is 55.8 Å². The minimum Gasteiger partial charge on any atom is -0.455 e. The maximum atomic E-state index is 11.3. The van der Waals surface area contributed by atoms with Crippen molar-refractivity contribution < 1.29 is 4.42 Å². The first-order valence-electron chi connectivity index (χ1n) is 26.7. The molecule has 0 aliphatic carbocycles. The Balaban J connectivity index is 1.05. The van der Waals surface area contributed by atoms with E-state index in [4.69, 9.17) is 4.42 Å². The minimum absolute atomic E-state index is 0.0310. The van der Waals surface area contributed by atoms with E-state index in [-0.39, 0.29) is 23.0 Å². The fraction of sp³-hybridized carbons (Fsp3) is 0.174. The van der Waals surface area contributed by atoms with Crippen molar-refractivity contribution in [3.05, 3.63) is 192 Å². The standard InChI is InChI=1S/C69H55BN4OS/c1-67(2,3)43-25-28-54-50(33-43)51-34-44(68(4,5)6)36-57-62(51)73(54)58-37-45(69(7,8)9)35-53-64(58)74(57)56-31-39(38-71)30-55-61(56)70(53)66-63(52-32-42(24-29-60(52)76-66)40-16-11-10-12-17-40)72(55)46-26-22-41(23-27-46)47-19-15-20-49-48-18-13-14-21-59(48)75-65(47)49/h10-37H,1-9H3. The molecule has 3 aliphatic rings. The quantitative estimate of drug-likeness (QED) is 0.166. The first kappa shape index (κ1) is 45.1. The van der Waals surface area contributed by atoms with Crippen molar-refractivity contribution in [1.82, 2.24) is 4.57 Å². The number of furan rings is 1. The van der Waals surface area contributed by atoms with E-state index < -0.39 is 0 Å². The van der Waals surface area contributed by atoms with E-state index in [9.17, 15) is 5.26 Å². The Morgan fingerprint density at radius 2 is 1.17 bits per heavy atom. The van der Waals surface area contributed by atoms with Crippen molar-refractivity contribution in [3.63, 3.8) is 0 Å². The lowest BCUT2D eigenvalue weighted by atomic mass is 9.35. The molecule has 12 aromatic rings. The highest BCUT2D eigenvalue weighted by molar-refractivity contribution is 7.33. The molecule has 3 aliphatic heterocycles. The summed E-state index contributed by atoms with van der Waals surface area (Å²) in [5, 5.41) is 17.2. The van der Waals surface area contributed by atoms with Crippen LogP contribution in [0.5, 0.6) is 0 Å². The summed E-state index contributed by atoms with van der Waals surface area (Å²) in [5.74, 6) is 0. The molecule has 0 radical (unpaired) electrons. The first-order valence-corrected chi connectivity index (χ1v) is 27.5. The number of hydrogen-bond acceptors (Lipinski definition) is 5. The van der Waals surface area contributed by atoms with Crippen molar-refractivity contribution in [1.29, 1.82) is 5.26 Å². The van der Waals surface area contributed by atoms with Crippen LogP contribution >= 0.6 is 11.3 Å². The monoisotopic (exact) mass is 998 g/mol. The molecule has 0 saturated heterocycles. The van der Waals surface area contributed by atoms with Gasteiger partial charge in [0.1, 0.15) is 11.2 Å². The average Bonchev–Trinajstić information content (AvgIpc) is 4.07. The number of thiophene rings is 1. The third-order valence-corrected chi connectivity index (χ3v) is 18.0. The molecule has 3 aromatic heterocycles. The lowest BCUT2D eigenvalue weighted by Crippen LogP contribution is -2.61. The van der Waals surface area contributed by atoms with Crippen molar-refractivity contribution in [2.24, 2.45) is 0 Å². The van der Waals surface area contributed by atoms with Crippen LogP contribution in [0.1, 0.15) is 84.6 Å². The maximum absolute atomic E-state index is 11.3. The number of benzene rings is 9. The van der Waals surface area contributed by atoms with Gasteiger partial charge in [-0.3, -0.25) is 0 Å². The number of para-hydroxylation sites is 2. The van der Waals surface area contributed by atoms with Crippen LogP contribution in [0.4, 0.5) is 34.1 Å². The Hall–Kier alpha value is -8.31. The molecule has 15 rings (SSSR count). The van der Waals surface area contributed by atoms with Gasteiger partial charge in [0.2, 0.25) is 0 Å². The smallest absolute Gasteiger partial charge is 0.264 e. The van der Waals surface area contributed by atoms with Gasteiger partial charge in [0.15, 0.2) is 0 Å². The van der Waals surface area contributed by atoms with Gasteiger partial charge in [-0.1, -0.05) is 159 Å². The van der Waals surface area contributed by atoms with Crippen molar-refractivity contribution in [3.8, 4) is 34.0 Å². The van der Waals surface area contributed by atoms with Crippen LogP contribution in [-0.4, -0.2) is 11.3 Å². The molecule has 0 amide bonds. The number of fused-ring (bicyclic) bond motifs is 14. The summed E-state index contributed by atoms with van der Waals surface area (Å²) >= 11 is 1.91. The second-order valence-electron chi connectivity index (χ2n) is 24.5. The Kier molecular flexibility index (Phi) is 9.15. The van der Waals surface area contributed by atoms with Gasteiger partial charge >= 0.3 is 0 Å². The van der Waals surface area contributed by atoms with Gasteiger partial charge in [0.25, 0.3) is 6.71 Å². The SMILES string of the molecule is CC(C)(C)c1cc2c3c(c1)-n1c4ccc(C(C)(C)C)cc4c4cc(C(C)(C)C)cc(c41)N3c1cc(C#N)cc3c1B2c1sc2ccc(-c4ccccc4)cc2c1N3c1ccc(-c2cccc3c2oc2ccccc23)cc1. The molecule has 0 spiro atoms. The predicted molar refractivity (Wildman–Crippen MR) is 323 cm³/mol.